The van der Waals surface area contributed by atoms with Gasteiger partial charge in [0.25, 0.3) is 5.56 Å². The zero-order chi connectivity index (χ0) is 9.42. The van der Waals surface area contributed by atoms with Crippen LogP contribution in [0.3, 0.4) is 0 Å². The van der Waals surface area contributed by atoms with E-state index in [9.17, 15) is 9.18 Å². The Hall–Kier alpha value is -1.91. The number of phenolic OH excluding ortho intramolecular Hbond substituents is 1. The molecular weight excluding hydrogens is 175 g/mol. The zero-order valence-corrected chi connectivity index (χ0v) is 6.41. The van der Waals surface area contributed by atoms with Crippen molar-refractivity contribution in [2.24, 2.45) is 0 Å². The number of rotatable bonds is 0. The van der Waals surface area contributed by atoms with Gasteiger partial charge < -0.3 is 10.1 Å². The van der Waals surface area contributed by atoms with Gasteiger partial charge >= 0.3 is 0 Å². The Bertz CT molecular complexity index is 521. The highest BCUT2D eigenvalue weighted by atomic mass is 19.1. The number of benzene rings is 1. The molecule has 1 heterocycles. The van der Waals surface area contributed by atoms with Crippen LogP contribution in [-0.4, -0.2) is 15.1 Å². The van der Waals surface area contributed by atoms with Crippen LogP contribution in [0.2, 0.25) is 0 Å². The van der Waals surface area contributed by atoms with Gasteiger partial charge in [0.2, 0.25) is 0 Å². The summed E-state index contributed by atoms with van der Waals surface area (Å²) in [6, 6.07) is 2.53. The van der Waals surface area contributed by atoms with Gasteiger partial charge in [-0.2, -0.15) is 0 Å². The van der Waals surface area contributed by atoms with E-state index in [1.165, 1.54) is 12.4 Å². The Kier molecular flexibility index (Phi) is 1.51. The van der Waals surface area contributed by atoms with Gasteiger partial charge in [-0.1, -0.05) is 0 Å². The van der Waals surface area contributed by atoms with E-state index in [0.29, 0.717) is 0 Å². The molecule has 4 nitrogen and oxygen atoms in total. The summed E-state index contributed by atoms with van der Waals surface area (Å²) < 4.78 is 13.1. The van der Waals surface area contributed by atoms with E-state index in [1.807, 2.05) is 0 Å². The van der Waals surface area contributed by atoms with Crippen molar-refractivity contribution in [2.45, 2.75) is 0 Å². The Labute approximate surface area is 71.7 Å². The first-order valence-electron chi connectivity index (χ1n) is 3.55. The van der Waals surface area contributed by atoms with Crippen LogP contribution in [-0.2, 0) is 0 Å². The van der Waals surface area contributed by atoms with Crippen LogP contribution in [0.5, 0.6) is 5.75 Å². The highest BCUT2D eigenvalue weighted by Gasteiger charge is 2.09. The van der Waals surface area contributed by atoms with Crippen molar-refractivity contribution < 1.29 is 9.50 Å². The molecule has 66 valence electrons. The molecule has 0 fully saturated rings. The fourth-order valence-electron chi connectivity index (χ4n) is 1.11. The number of nitrogens with one attached hydrogen (secondary N) is 1. The lowest BCUT2D eigenvalue weighted by Crippen LogP contribution is -2.07. The van der Waals surface area contributed by atoms with Crippen LogP contribution in [0.15, 0.2) is 23.3 Å². The molecule has 0 aliphatic carbocycles. The molecule has 0 unspecified atom stereocenters. The van der Waals surface area contributed by atoms with Crippen LogP contribution in [0.4, 0.5) is 4.39 Å². The first kappa shape index (κ1) is 7.72. The molecule has 2 N–H and O–H groups in total. The van der Waals surface area contributed by atoms with E-state index in [1.54, 1.807) is 0 Å². The van der Waals surface area contributed by atoms with Crippen LogP contribution in [0, 0.1) is 5.82 Å². The smallest absolute Gasteiger partial charge is 0.261 e. The van der Waals surface area contributed by atoms with E-state index in [2.05, 4.69) is 9.97 Å². The minimum Gasteiger partial charge on any atom is -0.505 e. The summed E-state index contributed by atoms with van der Waals surface area (Å²) in [6.07, 6.45) is 1.18. The number of phenols is 1. The van der Waals surface area contributed by atoms with Crippen molar-refractivity contribution in [3.63, 3.8) is 0 Å². The fraction of sp³-hybridized carbons (Fsp3) is 0. The van der Waals surface area contributed by atoms with Gasteiger partial charge in [-0.3, -0.25) is 4.79 Å². The second-order valence-corrected chi connectivity index (χ2v) is 2.52. The number of hydrogen-bond acceptors (Lipinski definition) is 3. The summed E-state index contributed by atoms with van der Waals surface area (Å²) in [6.45, 7) is 0. The molecular formula is C8H5FN2O2. The van der Waals surface area contributed by atoms with Crippen molar-refractivity contribution in [3.8, 4) is 5.75 Å². The SMILES string of the molecule is O=c1[nH]cnc2ccc(O)c(F)c12. The summed E-state index contributed by atoms with van der Waals surface area (Å²) in [5.74, 6) is -1.49. The molecule has 0 saturated heterocycles. The van der Waals surface area contributed by atoms with E-state index >= 15 is 0 Å². The number of aromatic nitrogens is 2. The number of H-pyrrole nitrogens is 1. The third kappa shape index (κ3) is 1.05. The molecule has 2 rings (SSSR count). The highest BCUT2D eigenvalue weighted by molar-refractivity contribution is 5.79. The normalized spacial score (nSPS) is 10.5. The average molecular weight is 180 g/mol. The summed E-state index contributed by atoms with van der Waals surface area (Å²) in [7, 11) is 0. The Balaban J connectivity index is 3.06. The molecule has 0 radical (unpaired) electrons. The molecule has 0 bridgehead atoms. The van der Waals surface area contributed by atoms with Gasteiger partial charge in [0.15, 0.2) is 11.6 Å². The van der Waals surface area contributed by atoms with Crippen molar-refractivity contribution in [1.29, 1.82) is 0 Å². The monoisotopic (exact) mass is 180 g/mol. The van der Waals surface area contributed by atoms with Crippen molar-refractivity contribution in [2.75, 3.05) is 0 Å². The standard InChI is InChI=1S/C8H5FN2O2/c9-7-5(12)2-1-4-6(7)8(13)11-3-10-4/h1-3,12H,(H,10,11,13). The largest absolute Gasteiger partial charge is 0.505 e. The lowest BCUT2D eigenvalue weighted by Gasteiger charge is -1.98. The topological polar surface area (TPSA) is 66.0 Å². The van der Waals surface area contributed by atoms with Crippen LogP contribution in [0.1, 0.15) is 0 Å². The van der Waals surface area contributed by atoms with E-state index in [4.69, 9.17) is 5.11 Å². The predicted molar refractivity (Wildman–Crippen MR) is 44.0 cm³/mol. The second-order valence-electron chi connectivity index (χ2n) is 2.52. The molecule has 0 spiro atoms. The van der Waals surface area contributed by atoms with Crippen LogP contribution in [0.25, 0.3) is 10.9 Å². The zero-order valence-electron chi connectivity index (χ0n) is 6.41. The van der Waals surface area contributed by atoms with Gasteiger partial charge in [-0.15, -0.1) is 0 Å². The third-order valence-electron chi connectivity index (χ3n) is 1.73. The van der Waals surface area contributed by atoms with Gasteiger partial charge in [-0.25, -0.2) is 9.37 Å². The summed E-state index contributed by atoms with van der Waals surface area (Å²) >= 11 is 0. The van der Waals surface area contributed by atoms with Gasteiger partial charge in [0.1, 0.15) is 5.39 Å². The van der Waals surface area contributed by atoms with E-state index in [0.717, 1.165) is 6.07 Å². The fourth-order valence-corrected chi connectivity index (χ4v) is 1.11. The summed E-state index contributed by atoms with van der Waals surface area (Å²) in [5.41, 5.74) is -0.377. The third-order valence-corrected chi connectivity index (χ3v) is 1.73. The highest BCUT2D eigenvalue weighted by Crippen LogP contribution is 2.20. The molecule has 0 amide bonds. The molecule has 1 aromatic carbocycles. The maximum absolute atomic E-state index is 13.1. The minimum atomic E-state index is -0.938. The predicted octanol–water partition coefficient (Wildman–Crippen LogP) is 0.768. The minimum absolute atomic E-state index is 0.220. The number of aromatic hydroxyl groups is 1. The van der Waals surface area contributed by atoms with Crippen molar-refractivity contribution in [1.82, 2.24) is 9.97 Å². The lowest BCUT2D eigenvalue weighted by molar-refractivity contribution is 0.436. The number of halogens is 1. The molecule has 0 aliphatic heterocycles. The van der Waals surface area contributed by atoms with Gasteiger partial charge in [-0.05, 0) is 12.1 Å². The number of aromatic amines is 1. The molecule has 5 heteroatoms. The molecule has 1 aromatic heterocycles. The van der Waals surface area contributed by atoms with Crippen LogP contribution >= 0.6 is 0 Å². The molecule has 0 saturated carbocycles. The summed E-state index contributed by atoms with van der Waals surface area (Å²) in [4.78, 5) is 17.1. The average Bonchev–Trinajstić information content (AvgIpc) is 2.12. The van der Waals surface area contributed by atoms with Gasteiger partial charge in [0.05, 0.1) is 11.8 Å². The molecule has 13 heavy (non-hydrogen) atoms. The Morgan fingerprint density at radius 1 is 1.46 bits per heavy atom. The maximum atomic E-state index is 13.1. The Morgan fingerprint density at radius 2 is 2.23 bits per heavy atom. The molecule has 2 aromatic rings. The van der Waals surface area contributed by atoms with E-state index < -0.39 is 17.1 Å². The number of fused-ring (bicyclic) bond motifs is 1. The number of nitrogens with zero attached hydrogens (tertiary/aromatic N) is 1. The van der Waals surface area contributed by atoms with Gasteiger partial charge in [0, 0.05) is 0 Å². The number of hydrogen-bond donors (Lipinski definition) is 2. The van der Waals surface area contributed by atoms with E-state index in [-0.39, 0.29) is 10.9 Å². The first-order chi connectivity index (χ1) is 6.20. The second kappa shape index (κ2) is 2.55. The molecule has 0 atom stereocenters. The first-order valence-corrected chi connectivity index (χ1v) is 3.55. The van der Waals surface area contributed by atoms with Crippen LogP contribution < -0.4 is 5.56 Å². The Morgan fingerprint density at radius 3 is 3.00 bits per heavy atom. The quantitative estimate of drug-likeness (QED) is 0.629. The maximum Gasteiger partial charge on any atom is 0.261 e. The van der Waals surface area contributed by atoms with Crippen molar-refractivity contribution in [3.05, 3.63) is 34.6 Å². The molecule has 0 aliphatic rings. The summed E-state index contributed by atoms with van der Waals surface area (Å²) in [5, 5.41) is 8.77. The van der Waals surface area contributed by atoms with Crippen molar-refractivity contribution >= 4 is 10.9 Å². The lowest BCUT2D eigenvalue weighted by atomic mass is 10.2.